The summed E-state index contributed by atoms with van der Waals surface area (Å²) in [6.07, 6.45) is 7.54. The van der Waals surface area contributed by atoms with Gasteiger partial charge in [-0.1, -0.05) is 0 Å². The minimum Gasteiger partial charge on any atom is -0.491 e. The second kappa shape index (κ2) is 3.68. The lowest BCUT2D eigenvalue weighted by molar-refractivity contribution is -0.160. The molecular weight excluding hydrogens is 230 g/mol. The van der Waals surface area contributed by atoms with Crippen LogP contribution in [0.15, 0.2) is 24.7 Å². The van der Waals surface area contributed by atoms with Gasteiger partial charge < -0.3 is 9.47 Å². The molecule has 1 saturated carbocycles. The van der Waals surface area contributed by atoms with E-state index in [0.29, 0.717) is 11.5 Å². The van der Waals surface area contributed by atoms with E-state index >= 15 is 0 Å². The molecule has 2 saturated heterocycles. The van der Waals surface area contributed by atoms with Crippen molar-refractivity contribution < 1.29 is 9.47 Å². The van der Waals surface area contributed by atoms with E-state index in [4.69, 9.17) is 9.47 Å². The van der Waals surface area contributed by atoms with Gasteiger partial charge in [-0.2, -0.15) is 0 Å². The summed E-state index contributed by atoms with van der Waals surface area (Å²) in [5, 5.41) is 7.83. The number of fused-ring (bicyclic) bond motifs is 3. The van der Waals surface area contributed by atoms with Crippen LogP contribution in [0.3, 0.4) is 0 Å². The molecule has 2 aromatic heterocycles. The van der Waals surface area contributed by atoms with Gasteiger partial charge in [0.15, 0.2) is 5.65 Å². The van der Waals surface area contributed by atoms with Crippen molar-refractivity contribution in [1.29, 1.82) is 0 Å². The van der Waals surface area contributed by atoms with Crippen molar-refractivity contribution >= 4 is 5.65 Å². The standard InChI is InChI=1S/C13H15N3O2/c1-2-12-15-14-9-16(12)7-10(1)18-8-13-3-4-17-11(5-13)6-13/h1-2,7,9,11H,3-6,8H2. The molecule has 0 aromatic carbocycles. The first-order valence-electron chi connectivity index (χ1n) is 6.37. The van der Waals surface area contributed by atoms with Gasteiger partial charge >= 0.3 is 0 Å². The Morgan fingerprint density at radius 2 is 2.39 bits per heavy atom. The molecule has 94 valence electrons. The lowest BCUT2D eigenvalue weighted by atomic mass is 9.63. The minimum atomic E-state index is 0.366. The fourth-order valence-corrected chi connectivity index (χ4v) is 2.99. The van der Waals surface area contributed by atoms with E-state index in [9.17, 15) is 0 Å². The number of pyridine rings is 1. The van der Waals surface area contributed by atoms with Crippen LogP contribution in [0.2, 0.25) is 0 Å². The molecule has 2 aromatic rings. The van der Waals surface area contributed by atoms with Gasteiger partial charge in [0.25, 0.3) is 0 Å². The highest BCUT2D eigenvalue weighted by Crippen LogP contribution is 2.49. The van der Waals surface area contributed by atoms with E-state index in [2.05, 4.69) is 10.2 Å². The van der Waals surface area contributed by atoms with Crippen molar-refractivity contribution in [1.82, 2.24) is 14.6 Å². The molecule has 3 aliphatic rings. The van der Waals surface area contributed by atoms with E-state index < -0.39 is 0 Å². The average molecular weight is 245 g/mol. The van der Waals surface area contributed by atoms with Gasteiger partial charge in [0.1, 0.15) is 12.1 Å². The number of rotatable bonds is 3. The van der Waals surface area contributed by atoms with Crippen molar-refractivity contribution in [2.45, 2.75) is 25.4 Å². The third-order valence-electron chi connectivity index (χ3n) is 4.12. The Hall–Kier alpha value is -1.62. The van der Waals surface area contributed by atoms with Crippen LogP contribution in [-0.2, 0) is 4.74 Å². The highest BCUT2D eigenvalue weighted by atomic mass is 16.5. The van der Waals surface area contributed by atoms with Gasteiger partial charge in [0.05, 0.1) is 18.9 Å². The first kappa shape index (κ1) is 10.3. The molecule has 2 aliphatic heterocycles. The normalized spacial score (nSPS) is 30.1. The number of hydrogen-bond acceptors (Lipinski definition) is 4. The van der Waals surface area contributed by atoms with Crippen molar-refractivity contribution in [2.75, 3.05) is 13.2 Å². The number of aromatic nitrogens is 3. The van der Waals surface area contributed by atoms with Crippen LogP contribution < -0.4 is 4.74 Å². The second-order valence-electron chi connectivity index (χ2n) is 5.40. The SMILES string of the molecule is c1cc2nncn2cc1OCC12CCOC(C1)C2. The predicted molar refractivity (Wildman–Crippen MR) is 64.5 cm³/mol. The molecule has 0 radical (unpaired) electrons. The molecule has 18 heavy (non-hydrogen) atoms. The monoisotopic (exact) mass is 245 g/mol. The maximum atomic E-state index is 5.93. The van der Waals surface area contributed by atoms with Crippen LogP contribution in [-0.4, -0.2) is 33.9 Å². The van der Waals surface area contributed by atoms with Crippen molar-refractivity contribution in [3.63, 3.8) is 0 Å². The number of hydrogen-bond donors (Lipinski definition) is 0. The van der Waals surface area contributed by atoms with E-state index in [-0.39, 0.29) is 0 Å². The fraction of sp³-hybridized carbons (Fsp3) is 0.538. The molecule has 5 heteroatoms. The van der Waals surface area contributed by atoms with Gasteiger partial charge in [0, 0.05) is 12.0 Å². The van der Waals surface area contributed by atoms with E-state index in [1.54, 1.807) is 6.33 Å². The summed E-state index contributed by atoms with van der Waals surface area (Å²) < 4.78 is 13.4. The maximum Gasteiger partial charge on any atom is 0.160 e. The second-order valence-corrected chi connectivity index (χ2v) is 5.40. The van der Waals surface area contributed by atoms with Crippen molar-refractivity contribution in [3.8, 4) is 5.75 Å². The molecular formula is C13H15N3O2. The van der Waals surface area contributed by atoms with Gasteiger partial charge in [-0.05, 0) is 31.4 Å². The largest absolute Gasteiger partial charge is 0.491 e. The molecule has 3 fully saturated rings. The van der Waals surface area contributed by atoms with Gasteiger partial charge in [-0.3, -0.25) is 4.40 Å². The quantitative estimate of drug-likeness (QED) is 0.825. The lowest BCUT2D eigenvalue weighted by Gasteiger charge is -2.51. The summed E-state index contributed by atoms with van der Waals surface area (Å²) >= 11 is 0. The minimum absolute atomic E-state index is 0.366. The van der Waals surface area contributed by atoms with Crippen molar-refractivity contribution in [3.05, 3.63) is 24.7 Å². The summed E-state index contributed by atoms with van der Waals surface area (Å²) in [5.74, 6) is 0.881. The Bertz CT molecular complexity index is 569. The summed E-state index contributed by atoms with van der Waals surface area (Å²) in [6.45, 7) is 1.68. The first-order chi connectivity index (χ1) is 8.83. The highest BCUT2D eigenvalue weighted by Gasteiger charge is 2.48. The van der Waals surface area contributed by atoms with Crippen LogP contribution in [0.4, 0.5) is 0 Å². The van der Waals surface area contributed by atoms with Gasteiger partial charge in [-0.15, -0.1) is 10.2 Å². The number of ether oxygens (including phenoxy) is 2. The summed E-state index contributed by atoms with van der Waals surface area (Å²) in [6, 6.07) is 3.88. The zero-order valence-electron chi connectivity index (χ0n) is 10.1. The highest BCUT2D eigenvalue weighted by molar-refractivity contribution is 5.39. The molecule has 0 unspecified atom stereocenters. The van der Waals surface area contributed by atoms with Crippen LogP contribution >= 0.6 is 0 Å². The molecule has 5 nitrogen and oxygen atoms in total. The summed E-state index contributed by atoms with van der Waals surface area (Å²) in [5.41, 5.74) is 1.21. The summed E-state index contributed by atoms with van der Waals surface area (Å²) in [7, 11) is 0. The van der Waals surface area contributed by atoms with Crippen LogP contribution in [0.25, 0.3) is 5.65 Å². The van der Waals surface area contributed by atoms with Crippen LogP contribution in [0.1, 0.15) is 19.3 Å². The lowest BCUT2D eigenvalue weighted by Crippen LogP contribution is -2.51. The zero-order chi connectivity index (χ0) is 12.0. The van der Waals surface area contributed by atoms with Gasteiger partial charge in [0.2, 0.25) is 0 Å². The third kappa shape index (κ3) is 1.58. The van der Waals surface area contributed by atoms with Crippen molar-refractivity contribution in [2.24, 2.45) is 5.41 Å². The topological polar surface area (TPSA) is 48.7 Å². The molecule has 4 heterocycles. The fourth-order valence-electron chi connectivity index (χ4n) is 2.99. The van der Waals surface area contributed by atoms with Crippen LogP contribution in [0.5, 0.6) is 5.75 Å². The Balaban J connectivity index is 1.48. The zero-order valence-corrected chi connectivity index (χ0v) is 10.1. The molecule has 0 atom stereocenters. The Labute approximate surface area is 105 Å². The van der Waals surface area contributed by atoms with E-state index in [1.165, 1.54) is 0 Å². The number of nitrogens with zero attached hydrogens (tertiary/aromatic N) is 3. The first-order valence-corrected chi connectivity index (χ1v) is 6.37. The Morgan fingerprint density at radius 3 is 3.22 bits per heavy atom. The molecule has 2 bridgehead atoms. The molecule has 0 N–H and O–H groups in total. The third-order valence-corrected chi connectivity index (χ3v) is 4.12. The molecule has 0 spiro atoms. The Kier molecular flexibility index (Phi) is 2.11. The Morgan fingerprint density at radius 1 is 1.44 bits per heavy atom. The maximum absolute atomic E-state index is 5.93. The van der Waals surface area contributed by atoms with Crippen LogP contribution in [0, 0.1) is 5.41 Å². The average Bonchev–Trinajstić information content (AvgIpc) is 2.83. The molecule has 0 amide bonds. The summed E-state index contributed by atoms with van der Waals surface area (Å²) in [4.78, 5) is 0. The van der Waals surface area contributed by atoms with E-state index in [1.807, 2.05) is 22.7 Å². The van der Waals surface area contributed by atoms with Gasteiger partial charge in [-0.25, -0.2) is 0 Å². The smallest absolute Gasteiger partial charge is 0.160 e. The van der Waals surface area contributed by atoms with E-state index in [0.717, 1.165) is 43.9 Å². The molecule has 1 aliphatic carbocycles. The predicted octanol–water partition coefficient (Wildman–Crippen LogP) is 1.68. The molecule has 5 rings (SSSR count).